The first kappa shape index (κ1) is 13.1. The number of rotatable bonds is 4. The molecule has 0 N–H and O–H groups in total. The van der Waals surface area contributed by atoms with Crippen LogP contribution in [-0.4, -0.2) is 10.4 Å². The lowest BCUT2D eigenvalue weighted by Crippen LogP contribution is -2.13. The highest BCUT2D eigenvalue weighted by Crippen LogP contribution is 2.25. The van der Waals surface area contributed by atoms with Crippen molar-refractivity contribution >= 4 is 28.6 Å². The first-order valence-corrected chi connectivity index (χ1v) is 7.19. The number of benzene rings is 2. The van der Waals surface area contributed by atoms with Gasteiger partial charge in [-0.1, -0.05) is 83.3 Å². The van der Waals surface area contributed by atoms with Crippen LogP contribution in [-0.2, 0) is 9.53 Å². The zero-order chi connectivity index (χ0) is 12.8. The summed E-state index contributed by atoms with van der Waals surface area (Å²) in [4.78, 5) is 11.5. The van der Waals surface area contributed by atoms with Crippen LogP contribution < -0.4 is 0 Å². The molecule has 0 aliphatic carbocycles. The maximum absolute atomic E-state index is 11.5. The molecule has 0 aliphatic rings. The molecule has 92 valence electrons. The first-order chi connectivity index (χ1) is 8.81. The molecule has 3 heteroatoms. The molecule has 0 fully saturated rings. The lowest BCUT2D eigenvalue weighted by atomic mass is 10.0. The summed E-state index contributed by atoms with van der Waals surface area (Å²) >= 11 is 2.01. The van der Waals surface area contributed by atoms with Crippen molar-refractivity contribution in [2.45, 2.75) is 6.10 Å². The Hall–Kier alpha value is -1.36. The summed E-state index contributed by atoms with van der Waals surface area (Å²) in [5, 5.41) is 0. The Bertz CT molecular complexity index is 457. The van der Waals surface area contributed by atoms with Crippen molar-refractivity contribution in [1.82, 2.24) is 0 Å². The monoisotopic (exact) mass is 352 g/mol. The van der Waals surface area contributed by atoms with E-state index in [-0.39, 0.29) is 12.1 Å². The Morgan fingerprint density at radius 1 is 0.944 bits per heavy atom. The van der Waals surface area contributed by atoms with Crippen molar-refractivity contribution in [3.05, 3.63) is 71.8 Å². The number of carbonyl (C=O) groups excluding carboxylic acids is 1. The van der Waals surface area contributed by atoms with E-state index in [9.17, 15) is 4.79 Å². The number of carbonyl (C=O) groups is 1. The summed E-state index contributed by atoms with van der Waals surface area (Å²) in [5.41, 5.74) is 1.98. The van der Waals surface area contributed by atoms with Gasteiger partial charge in [0.2, 0.25) is 0 Å². The van der Waals surface area contributed by atoms with Crippen LogP contribution in [0.5, 0.6) is 0 Å². The van der Waals surface area contributed by atoms with Gasteiger partial charge in [0, 0.05) is 0 Å². The topological polar surface area (TPSA) is 26.3 Å². The predicted octanol–water partition coefficient (Wildman–Crippen LogP) is 3.75. The van der Waals surface area contributed by atoms with Crippen LogP contribution in [0, 0.1) is 0 Å². The van der Waals surface area contributed by atoms with E-state index in [4.69, 9.17) is 4.74 Å². The van der Waals surface area contributed by atoms with Gasteiger partial charge in [0.1, 0.15) is 0 Å². The van der Waals surface area contributed by atoms with Gasteiger partial charge in [-0.3, -0.25) is 4.79 Å². The number of halogens is 1. The van der Waals surface area contributed by atoms with Crippen LogP contribution in [0.2, 0.25) is 0 Å². The fourth-order valence-corrected chi connectivity index (χ4v) is 1.93. The van der Waals surface area contributed by atoms with Crippen LogP contribution in [0.15, 0.2) is 60.7 Å². The molecule has 0 aliphatic heterocycles. The minimum absolute atomic E-state index is 0.201. The second kappa shape index (κ2) is 6.54. The number of esters is 1. The SMILES string of the molecule is O=C(CI)OC(c1ccccc1)c1ccccc1. The minimum Gasteiger partial charge on any atom is -0.452 e. The van der Waals surface area contributed by atoms with Gasteiger partial charge in [0.15, 0.2) is 6.10 Å². The second-order valence-corrected chi connectivity index (χ2v) is 4.59. The zero-order valence-electron chi connectivity index (χ0n) is 9.75. The molecule has 2 aromatic carbocycles. The van der Waals surface area contributed by atoms with E-state index in [1.165, 1.54) is 0 Å². The van der Waals surface area contributed by atoms with E-state index in [1.54, 1.807) is 0 Å². The van der Waals surface area contributed by atoms with Crippen molar-refractivity contribution in [2.24, 2.45) is 0 Å². The van der Waals surface area contributed by atoms with Crippen LogP contribution >= 0.6 is 22.6 Å². The van der Waals surface area contributed by atoms with Crippen LogP contribution in [0.25, 0.3) is 0 Å². The Balaban J connectivity index is 2.32. The van der Waals surface area contributed by atoms with Gasteiger partial charge in [-0.05, 0) is 11.1 Å². The van der Waals surface area contributed by atoms with E-state index in [0.717, 1.165) is 11.1 Å². The number of hydrogen-bond acceptors (Lipinski definition) is 2. The second-order valence-electron chi connectivity index (χ2n) is 3.82. The fraction of sp³-hybridized carbons (Fsp3) is 0.133. The lowest BCUT2D eigenvalue weighted by Gasteiger charge is -2.18. The van der Waals surface area contributed by atoms with E-state index in [2.05, 4.69) is 0 Å². The standard InChI is InChI=1S/C15H13IO2/c16-11-14(17)18-15(12-7-3-1-4-8-12)13-9-5-2-6-10-13/h1-10,15H,11H2. The van der Waals surface area contributed by atoms with Crippen molar-refractivity contribution in [1.29, 1.82) is 0 Å². The number of alkyl halides is 1. The third kappa shape index (κ3) is 3.32. The Kier molecular flexibility index (Phi) is 4.75. The van der Waals surface area contributed by atoms with Gasteiger partial charge >= 0.3 is 5.97 Å². The molecule has 0 unspecified atom stereocenters. The molecule has 0 atom stereocenters. The highest BCUT2D eigenvalue weighted by molar-refractivity contribution is 14.1. The van der Waals surface area contributed by atoms with E-state index in [1.807, 2.05) is 83.3 Å². The molecule has 2 aromatic rings. The van der Waals surface area contributed by atoms with Crippen molar-refractivity contribution in [3.63, 3.8) is 0 Å². The maximum atomic E-state index is 11.5. The fourth-order valence-electron chi connectivity index (χ4n) is 1.75. The maximum Gasteiger partial charge on any atom is 0.316 e. The summed E-state index contributed by atoms with van der Waals surface area (Å²) in [6.07, 6.45) is -0.324. The summed E-state index contributed by atoms with van der Waals surface area (Å²) in [5.74, 6) is -0.201. The third-order valence-electron chi connectivity index (χ3n) is 2.56. The molecule has 0 saturated heterocycles. The minimum atomic E-state index is -0.324. The Labute approximate surface area is 120 Å². The Morgan fingerprint density at radius 2 is 1.39 bits per heavy atom. The number of hydrogen-bond donors (Lipinski definition) is 0. The van der Waals surface area contributed by atoms with E-state index < -0.39 is 0 Å². The molecular weight excluding hydrogens is 339 g/mol. The first-order valence-electron chi connectivity index (χ1n) is 5.66. The largest absolute Gasteiger partial charge is 0.452 e. The molecule has 2 rings (SSSR count). The van der Waals surface area contributed by atoms with Gasteiger partial charge in [-0.25, -0.2) is 0 Å². The van der Waals surface area contributed by atoms with Gasteiger partial charge in [-0.2, -0.15) is 0 Å². The number of ether oxygens (including phenoxy) is 1. The molecule has 0 bridgehead atoms. The summed E-state index contributed by atoms with van der Waals surface area (Å²) < 4.78 is 5.88. The van der Waals surface area contributed by atoms with Gasteiger partial charge in [0.05, 0.1) is 4.43 Å². The Morgan fingerprint density at radius 3 is 1.78 bits per heavy atom. The highest BCUT2D eigenvalue weighted by atomic mass is 127. The van der Waals surface area contributed by atoms with Crippen LogP contribution in [0.4, 0.5) is 0 Å². The summed E-state index contributed by atoms with van der Waals surface area (Å²) in [7, 11) is 0. The molecule has 18 heavy (non-hydrogen) atoms. The molecule has 0 aromatic heterocycles. The quantitative estimate of drug-likeness (QED) is 0.476. The zero-order valence-corrected chi connectivity index (χ0v) is 11.9. The predicted molar refractivity (Wildman–Crippen MR) is 79.7 cm³/mol. The molecular formula is C15H13IO2. The molecule has 0 amide bonds. The van der Waals surface area contributed by atoms with E-state index in [0.29, 0.717) is 4.43 Å². The van der Waals surface area contributed by atoms with Crippen LogP contribution in [0.3, 0.4) is 0 Å². The normalized spacial score (nSPS) is 10.3. The van der Waals surface area contributed by atoms with Crippen molar-refractivity contribution in [2.75, 3.05) is 4.43 Å². The highest BCUT2D eigenvalue weighted by Gasteiger charge is 2.17. The summed E-state index contributed by atoms with van der Waals surface area (Å²) in [6, 6.07) is 19.6. The molecule has 0 radical (unpaired) electrons. The van der Waals surface area contributed by atoms with Crippen LogP contribution in [0.1, 0.15) is 17.2 Å². The average molecular weight is 352 g/mol. The average Bonchev–Trinajstić information content (AvgIpc) is 2.46. The molecule has 2 nitrogen and oxygen atoms in total. The van der Waals surface area contributed by atoms with Gasteiger partial charge in [-0.15, -0.1) is 0 Å². The lowest BCUT2D eigenvalue weighted by molar-refractivity contribution is -0.143. The third-order valence-corrected chi connectivity index (χ3v) is 3.19. The van der Waals surface area contributed by atoms with Gasteiger partial charge in [0.25, 0.3) is 0 Å². The smallest absolute Gasteiger partial charge is 0.316 e. The van der Waals surface area contributed by atoms with Gasteiger partial charge < -0.3 is 4.74 Å². The molecule has 0 saturated carbocycles. The molecule has 0 spiro atoms. The van der Waals surface area contributed by atoms with E-state index >= 15 is 0 Å². The van der Waals surface area contributed by atoms with Crippen molar-refractivity contribution < 1.29 is 9.53 Å². The van der Waals surface area contributed by atoms with Crippen molar-refractivity contribution in [3.8, 4) is 0 Å². The summed E-state index contributed by atoms with van der Waals surface area (Å²) in [6.45, 7) is 0. The molecule has 0 heterocycles.